The van der Waals surface area contributed by atoms with E-state index >= 15 is 0 Å². The van der Waals surface area contributed by atoms with Gasteiger partial charge in [0.1, 0.15) is 5.60 Å². The molecule has 2 aromatic heterocycles. The Balaban J connectivity index is 1.92. The van der Waals surface area contributed by atoms with Crippen LogP contribution in [0.4, 0.5) is 4.79 Å². The number of pyridine rings is 1. The zero-order chi connectivity index (χ0) is 20.6. The molecule has 3 rings (SSSR count). The molecule has 0 saturated carbocycles. The molecule has 1 aliphatic rings. The summed E-state index contributed by atoms with van der Waals surface area (Å²) in [6.45, 7) is 6.36. The third-order valence-corrected chi connectivity index (χ3v) is 5.14. The molecule has 1 aliphatic heterocycles. The van der Waals surface area contributed by atoms with Crippen molar-refractivity contribution in [2.75, 3.05) is 13.1 Å². The van der Waals surface area contributed by atoms with Gasteiger partial charge >= 0.3 is 17.2 Å². The molecule has 9 heteroatoms. The number of ether oxygens (including phenoxy) is 1. The fourth-order valence-corrected chi connectivity index (χ4v) is 3.56. The van der Waals surface area contributed by atoms with Gasteiger partial charge in [0.05, 0.1) is 5.52 Å². The summed E-state index contributed by atoms with van der Waals surface area (Å²) in [5.74, 6) is 0.268. The SMILES string of the molecule is Cn1c(=O)c(=O)n(C2CCN(C(=O)OC(C)(C)C)CC2)c2ncc(CCl)cc21. The summed E-state index contributed by atoms with van der Waals surface area (Å²) in [6, 6.07) is 1.57. The lowest BCUT2D eigenvalue weighted by Crippen LogP contribution is -2.46. The topological polar surface area (TPSA) is 86.4 Å². The highest BCUT2D eigenvalue weighted by molar-refractivity contribution is 6.17. The first-order valence-electron chi connectivity index (χ1n) is 9.26. The van der Waals surface area contributed by atoms with E-state index < -0.39 is 16.7 Å². The van der Waals surface area contributed by atoms with Gasteiger partial charge in [-0.05, 0) is 45.2 Å². The standard InChI is InChI=1S/C19H25ClN4O4/c1-19(2,3)28-18(27)23-7-5-13(6-8-23)24-15-14(9-12(10-20)11-21-15)22(4)16(25)17(24)26/h9,11,13H,5-8,10H2,1-4H3. The van der Waals surface area contributed by atoms with E-state index in [1.54, 1.807) is 24.2 Å². The number of likely N-dealkylation sites (tertiary alicyclic amines) is 1. The van der Waals surface area contributed by atoms with Crippen molar-refractivity contribution in [3.05, 3.63) is 38.5 Å². The van der Waals surface area contributed by atoms with Crippen molar-refractivity contribution >= 4 is 28.9 Å². The second-order valence-electron chi connectivity index (χ2n) is 8.06. The van der Waals surface area contributed by atoms with E-state index in [1.807, 2.05) is 20.8 Å². The van der Waals surface area contributed by atoms with Gasteiger partial charge in [0.25, 0.3) is 0 Å². The second kappa shape index (κ2) is 7.58. The smallest absolute Gasteiger partial charge is 0.410 e. The molecule has 8 nitrogen and oxygen atoms in total. The molecule has 0 aromatic carbocycles. The van der Waals surface area contributed by atoms with Crippen LogP contribution >= 0.6 is 11.6 Å². The Morgan fingerprint density at radius 1 is 1.25 bits per heavy atom. The van der Waals surface area contributed by atoms with Crippen molar-refractivity contribution in [3.63, 3.8) is 0 Å². The highest BCUT2D eigenvalue weighted by atomic mass is 35.5. The first kappa shape index (κ1) is 20.4. The molecule has 0 radical (unpaired) electrons. The van der Waals surface area contributed by atoms with Crippen LogP contribution in [0.25, 0.3) is 11.2 Å². The van der Waals surface area contributed by atoms with Crippen molar-refractivity contribution in [3.8, 4) is 0 Å². The van der Waals surface area contributed by atoms with Gasteiger partial charge in [-0.3, -0.25) is 14.2 Å². The minimum absolute atomic E-state index is 0.211. The Labute approximate surface area is 167 Å². The highest BCUT2D eigenvalue weighted by Crippen LogP contribution is 2.25. The number of carbonyl (C=O) groups excluding carboxylic acids is 1. The maximum absolute atomic E-state index is 12.7. The van der Waals surface area contributed by atoms with Gasteiger partial charge in [0, 0.05) is 38.3 Å². The fourth-order valence-electron chi connectivity index (χ4n) is 3.42. The molecule has 2 aromatic rings. The van der Waals surface area contributed by atoms with Gasteiger partial charge < -0.3 is 14.2 Å². The number of fused-ring (bicyclic) bond motifs is 1. The monoisotopic (exact) mass is 408 g/mol. The lowest BCUT2D eigenvalue weighted by Gasteiger charge is -2.34. The van der Waals surface area contributed by atoms with Crippen LogP contribution in [0.5, 0.6) is 0 Å². The summed E-state index contributed by atoms with van der Waals surface area (Å²) >= 11 is 5.89. The largest absolute Gasteiger partial charge is 0.444 e. The van der Waals surface area contributed by atoms with E-state index in [0.29, 0.717) is 37.1 Å². The van der Waals surface area contributed by atoms with Crippen molar-refractivity contribution in [2.24, 2.45) is 7.05 Å². The third-order valence-electron chi connectivity index (χ3n) is 4.84. The summed E-state index contributed by atoms with van der Waals surface area (Å²) in [6.07, 6.45) is 2.34. The quantitative estimate of drug-likeness (QED) is 0.562. The van der Waals surface area contributed by atoms with Gasteiger partial charge in [-0.1, -0.05) is 0 Å². The Morgan fingerprint density at radius 3 is 2.46 bits per heavy atom. The predicted molar refractivity (Wildman–Crippen MR) is 107 cm³/mol. The molecule has 0 bridgehead atoms. The summed E-state index contributed by atoms with van der Waals surface area (Å²) in [5, 5.41) is 0. The molecule has 1 saturated heterocycles. The van der Waals surface area contributed by atoms with Crippen LogP contribution in [-0.2, 0) is 17.7 Å². The van der Waals surface area contributed by atoms with E-state index in [-0.39, 0.29) is 18.0 Å². The van der Waals surface area contributed by atoms with Crippen LogP contribution in [0, 0.1) is 0 Å². The van der Waals surface area contributed by atoms with Crippen LogP contribution in [-0.4, -0.2) is 43.8 Å². The fraction of sp³-hybridized carbons (Fsp3) is 0.579. The molecule has 0 unspecified atom stereocenters. The van der Waals surface area contributed by atoms with Crippen LogP contribution in [0.15, 0.2) is 21.9 Å². The Morgan fingerprint density at radius 2 is 1.89 bits per heavy atom. The zero-order valence-electron chi connectivity index (χ0n) is 16.6. The molecule has 1 amide bonds. The molecular weight excluding hydrogens is 384 g/mol. The van der Waals surface area contributed by atoms with E-state index in [1.165, 1.54) is 9.13 Å². The van der Waals surface area contributed by atoms with E-state index in [9.17, 15) is 14.4 Å². The number of carbonyl (C=O) groups is 1. The normalized spacial score (nSPS) is 15.8. The number of nitrogens with zero attached hydrogens (tertiary/aromatic N) is 4. The van der Waals surface area contributed by atoms with E-state index in [2.05, 4.69) is 4.98 Å². The minimum atomic E-state index is -0.601. The van der Waals surface area contributed by atoms with Crippen molar-refractivity contribution in [1.29, 1.82) is 0 Å². The van der Waals surface area contributed by atoms with Crippen LogP contribution in [0.1, 0.15) is 45.2 Å². The second-order valence-corrected chi connectivity index (χ2v) is 8.33. The first-order chi connectivity index (χ1) is 13.1. The third kappa shape index (κ3) is 3.92. The first-order valence-corrected chi connectivity index (χ1v) is 9.80. The van der Waals surface area contributed by atoms with Gasteiger partial charge in [-0.2, -0.15) is 0 Å². The van der Waals surface area contributed by atoms with Gasteiger partial charge in [0.2, 0.25) is 0 Å². The number of aryl methyl sites for hydroxylation is 1. The Kier molecular flexibility index (Phi) is 5.52. The number of rotatable bonds is 2. The summed E-state index contributed by atoms with van der Waals surface area (Å²) in [7, 11) is 1.56. The molecule has 0 aliphatic carbocycles. The number of hydrogen-bond acceptors (Lipinski definition) is 5. The molecular formula is C19H25ClN4O4. The molecule has 3 heterocycles. The van der Waals surface area contributed by atoms with Gasteiger partial charge in [-0.15, -0.1) is 11.6 Å². The maximum atomic E-state index is 12.7. The van der Waals surface area contributed by atoms with Crippen LogP contribution < -0.4 is 11.1 Å². The van der Waals surface area contributed by atoms with Crippen LogP contribution in [0.3, 0.4) is 0 Å². The molecule has 0 N–H and O–H groups in total. The Hall–Kier alpha value is -2.35. The van der Waals surface area contributed by atoms with Crippen molar-refractivity contribution in [1.82, 2.24) is 19.0 Å². The summed E-state index contributed by atoms with van der Waals surface area (Å²) < 4.78 is 8.20. The number of amides is 1. The minimum Gasteiger partial charge on any atom is -0.444 e. The lowest BCUT2D eigenvalue weighted by atomic mass is 10.0. The number of hydrogen-bond donors (Lipinski definition) is 0. The van der Waals surface area contributed by atoms with Crippen LogP contribution in [0.2, 0.25) is 0 Å². The predicted octanol–water partition coefficient (Wildman–Crippen LogP) is 2.41. The molecule has 1 fully saturated rings. The van der Waals surface area contributed by atoms with Crippen molar-refractivity contribution in [2.45, 2.75) is 51.1 Å². The number of piperidine rings is 1. The molecule has 0 spiro atoms. The summed E-state index contributed by atoms with van der Waals surface area (Å²) in [4.78, 5) is 43.5. The van der Waals surface area contributed by atoms with Gasteiger partial charge in [0.15, 0.2) is 5.65 Å². The maximum Gasteiger partial charge on any atom is 0.410 e. The molecule has 152 valence electrons. The zero-order valence-corrected chi connectivity index (χ0v) is 17.3. The highest BCUT2D eigenvalue weighted by Gasteiger charge is 2.29. The van der Waals surface area contributed by atoms with Crippen molar-refractivity contribution < 1.29 is 9.53 Å². The van der Waals surface area contributed by atoms with E-state index in [0.717, 1.165) is 5.56 Å². The Bertz CT molecular complexity index is 1010. The number of alkyl halides is 1. The average Bonchev–Trinajstić information content (AvgIpc) is 2.65. The molecule has 0 atom stereocenters. The average molecular weight is 409 g/mol. The number of halogens is 1. The summed E-state index contributed by atoms with van der Waals surface area (Å²) in [5.41, 5.74) is 0.0343. The van der Waals surface area contributed by atoms with E-state index in [4.69, 9.17) is 16.3 Å². The lowest BCUT2D eigenvalue weighted by molar-refractivity contribution is 0.0188. The van der Waals surface area contributed by atoms with Gasteiger partial charge in [-0.25, -0.2) is 9.78 Å². The molecule has 28 heavy (non-hydrogen) atoms. The number of aromatic nitrogens is 3.